The van der Waals surface area contributed by atoms with Crippen LogP contribution < -0.4 is 10.1 Å². The number of amides is 2. The molecule has 0 aliphatic rings. The molecule has 2 amide bonds. The normalized spacial score (nSPS) is 11.5. The molecule has 0 unspecified atom stereocenters. The third-order valence-electron chi connectivity index (χ3n) is 4.38. The molecule has 150 valence electrons. The van der Waals surface area contributed by atoms with Crippen LogP contribution in [0.2, 0.25) is 0 Å². The Labute approximate surface area is 165 Å². The summed E-state index contributed by atoms with van der Waals surface area (Å²) in [6.07, 6.45) is 1.85. The maximum absolute atomic E-state index is 13.7. The van der Waals surface area contributed by atoms with Crippen molar-refractivity contribution in [3.63, 3.8) is 0 Å². The van der Waals surface area contributed by atoms with Gasteiger partial charge in [0, 0.05) is 13.1 Å². The Morgan fingerprint density at radius 3 is 2.46 bits per heavy atom. The minimum absolute atomic E-state index is 0.00978. The van der Waals surface area contributed by atoms with Gasteiger partial charge in [0.2, 0.25) is 5.91 Å². The highest BCUT2D eigenvalue weighted by molar-refractivity contribution is 5.87. The highest BCUT2D eigenvalue weighted by atomic mass is 19.1. The molecule has 0 aliphatic carbocycles. The molecule has 1 atom stereocenters. The predicted molar refractivity (Wildman–Crippen MR) is 106 cm³/mol. The maximum Gasteiger partial charge on any atom is 0.261 e. The Hall–Kier alpha value is -2.89. The highest BCUT2D eigenvalue weighted by Gasteiger charge is 2.26. The van der Waals surface area contributed by atoms with Crippen molar-refractivity contribution in [3.05, 3.63) is 66.0 Å². The average molecular weight is 386 g/mol. The second-order valence-corrected chi connectivity index (χ2v) is 6.55. The van der Waals surface area contributed by atoms with Crippen molar-refractivity contribution < 1.29 is 18.7 Å². The van der Waals surface area contributed by atoms with Crippen molar-refractivity contribution in [1.82, 2.24) is 10.2 Å². The molecule has 5 nitrogen and oxygen atoms in total. The summed E-state index contributed by atoms with van der Waals surface area (Å²) in [5.74, 6) is -1.13. The molecule has 0 saturated carbocycles. The van der Waals surface area contributed by atoms with Crippen LogP contribution in [0.25, 0.3) is 0 Å². The SMILES string of the molecule is CCCCNC(=O)[C@H](C)N(Cc1ccccc1)C(=O)COc1ccccc1F. The number of benzene rings is 2. The number of carbonyl (C=O) groups is 2. The summed E-state index contributed by atoms with van der Waals surface area (Å²) in [5.41, 5.74) is 0.898. The van der Waals surface area contributed by atoms with Crippen LogP contribution in [-0.2, 0) is 16.1 Å². The van der Waals surface area contributed by atoms with E-state index >= 15 is 0 Å². The lowest BCUT2D eigenvalue weighted by Gasteiger charge is -2.28. The van der Waals surface area contributed by atoms with E-state index in [4.69, 9.17) is 4.74 Å². The molecular weight excluding hydrogens is 359 g/mol. The van der Waals surface area contributed by atoms with E-state index in [1.807, 2.05) is 37.3 Å². The van der Waals surface area contributed by atoms with Crippen molar-refractivity contribution in [2.24, 2.45) is 0 Å². The Balaban J connectivity index is 2.08. The first-order valence-electron chi connectivity index (χ1n) is 9.51. The summed E-state index contributed by atoms with van der Waals surface area (Å²) in [7, 11) is 0. The van der Waals surface area contributed by atoms with Gasteiger partial charge >= 0.3 is 0 Å². The summed E-state index contributed by atoms with van der Waals surface area (Å²) >= 11 is 0. The number of para-hydroxylation sites is 1. The van der Waals surface area contributed by atoms with Gasteiger partial charge in [-0.1, -0.05) is 55.8 Å². The zero-order chi connectivity index (χ0) is 20.4. The van der Waals surface area contributed by atoms with E-state index in [0.29, 0.717) is 6.54 Å². The first kappa shape index (κ1) is 21.4. The summed E-state index contributed by atoms with van der Waals surface area (Å²) in [5, 5.41) is 2.85. The van der Waals surface area contributed by atoms with Crippen LogP contribution in [0, 0.1) is 5.82 Å². The standard InChI is InChI=1S/C22H27FN2O3/c1-3-4-14-24-22(27)17(2)25(15-18-10-6-5-7-11-18)21(26)16-28-20-13-9-8-12-19(20)23/h5-13,17H,3-4,14-16H2,1-2H3,(H,24,27)/t17-/m0/s1. The molecule has 28 heavy (non-hydrogen) atoms. The number of hydrogen-bond acceptors (Lipinski definition) is 3. The molecule has 2 rings (SSSR count). The molecule has 0 heterocycles. The highest BCUT2D eigenvalue weighted by Crippen LogP contribution is 2.16. The van der Waals surface area contributed by atoms with Gasteiger partial charge < -0.3 is 15.0 Å². The number of carbonyl (C=O) groups excluding carboxylic acids is 2. The number of unbranched alkanes of at least 4 members (excludes halogenated alkanes) is 1. The monoisotopic (exact) mass is 386 g/mol. The minimum Gasteiger partial charge on any atom is -0.481 e. The third kappa shape index (κ3) is 6.37. The number of nitrogens with zero attached hydrogens (tertiary/aromatic N) is 1. The Morgan fingerprint density at radius 2 is 1.79 bits per heavy atom. The largest absolute Gasteiger partial charge is 0.481 e. The maximum atomic E-state index is 13.7. The van der Waals surface area contributed by atoms with E-state index in [2.05, 4.69) is 5.32 Å². The molecule has 1 N–H and O–H groups in total. The summed E-state index contributed by atoms with van der Waals surface area (Å²) < 4.78 is 19.1. The fourth-order valence-electron chi connectivity index (χ4n) is 2.68. The van der Waals surface area contributed by atoms with Crippen LogP contribution in [0.5, 0.6) is 5.75 Å². The Bertz CT molecular complexity index is 767. The number of halogens is 1. The molecule has 0 fully saturated rings. The van der Waals surface area contributed by atoms with E-state index in [1.165, 1.54) is 17.0 Å². The number of ether oxygens (including phenoxy) is 1. The third-order valence-corrected chi connectivity index (χ3v) is 4.38. The van der Waals surface area contributed by atoms with Gasteiger partial charge in [-0.05, 0) is 31.0 Å². The van der Waals surface area contributed by atoms with Crippen molar-refractivity contribution in [2.45, 2.75) is 39.3 Å². The summed E-state index contributed by atoms with van der Waals surface area (Å²) in [6, 6.07) is 14.7. The molecule has 0 aromatic heterocycles. The van der Waals surface area contributed by atoms with Crippen LogP contribution in [0.4, 0.5) is 4.39 Å². The van der Waals surface area contributed by atoms with Gasteiger partial charge in [-0.3, -0.25) is 9.59 Å². The number of nitrogens with one attached hydrogen (secondary N) is 1. The van der Waals surface area contributed by atoms with E-state index in [0.717, 1.165) is 18.4 Å². The van der Waals surface area contributed by atoms with Crippen molar-refractivity contribution >= 4 is 11.8 Å². The van der Waals surface area contributed by atoms with Crippen molar-refractivity contribution in [1.29, 1.82) is 0 Å². The van der Waals surface area contributed by atoms with E-state index in [9.17, 15) is 14.0 Å². The summed E-state index contributed by atoms with van der Waals surface area (Å²) in [6.45, 7) is 4.22. The van der Waals surface area contributed by atoms with Crippen LogP contribution in [0.1, 0.15) is 32.3 Å². The lowest BCUT2D eigenvalue weighted by Crippen LogP contribution is -2.49. The molecule has 2 aromatic carbocycles. The first-order chi connectivity index (χ1) is 13.5. The molecule has 6 heteroatoms. The van der Waals surface area contributed by atoms with Gasteiger partial charge in [0.05, 0.1) is 0 Å². The van der Waals surface area contributed by atoms with Crippen LogP contribution >= 0.6 is 0 Å². The molecule has 0 aliphatic heterocycles. The van der Waals surface area contributed by atoms with Gasteiger partial charge in [0.25, 0.3) is 5.91 Å². The van der Waals surface area contributed by atoms with Crippen molar-refractivity contribution in [2.75, 3.05) is 13.2 Å². The zero-order valence-electron chi connectivity index (χ0n) is 16.4. The minimum atomic E-state index is -0.672. The zero-order valence-corrected chi connectivity index (χ0v) is 16.4. The summed E-state index contributed by atoms with van der Waals surface area (Å²) in [4.78, 5) is 26.7. The van der Waals surface area contributed by atoms with E-state index in [1.54, 1.807) is 19.1 Å². The van der Waals surface area contributed by atoms with Gasteiger partial charge in [-0.25, -0.2) is 4.39 Å². The van der Waals surface area contributed by atoms with Gasteiger partial charge in [0.1, 0.15) is 6.04 Å². The fraction of sp³-hybridized carbons (Fsp3) is 0.364. The number of hydrogen-bond donors (Lipinski definition) is 1. The molecule has 0 spiro atoms. The topological polar surface area (TPSA) is 58.6 Å². The Morgan fingerprint density at radius 1 is 1.11 bits per heavy atom. The first-order valence-corrected chi connectivity index (χ1v) is 9.51. The molecule has 0 bridgehead atoms. The van der Waals surface area contributed by atoms with Crippen LogP contribution in [-0.4, -0.2) is 35.9 Å². The smallest absolute Gasteiger partial charge is 0.261 e. The van der Waals surface area contributed by atoms with Crippen LogP contribution in [0.3, 0.4) is 0 Å². The van der Waals surface area contributed by atoms with Crippen molar-refractivity contribution in [3.8, 4) is 5.75 Å². The molecule has 0 radical (unpaired) electrons. The fourth-order valence-corrected chi connectivity index (χ4v) is 2.68. The molecular formula is C22H27FN2O3. The second kappa shape index (κ2) is 11.1. The van der Waals surface area contributed by atoms with Gasteiger partial charge in [0.15, 0.2) is 18.2 Å². The lowest BCUT2D eigenvalue weighted by atomic mass is 10.1. The van der Waals surface area contributed by atoms with E-state index in [-0.39, 0.29) is 30.7 Å². The van der Waals surface area contributed by atoms with Gasteiger partial charge in [-0.2, -0.15) is 0 Å². The lowest BCUT2D eigenvalue weighted by molar-refractivity contribution is -0.142. The molecule has 0 saturated heterocycles. The molecule has 2 aromatic rings. The van der Waals surface area contributed by atoms with E-state index < -0.39 is 11.9 Å². The number of rotatable bonds is 10. The average Bonchev–Trinajstić information content (AvgIpc) is 2.71. The quantitative estimate of drug-likeness (QED) is 0.636. The second-order valence-electron chi connectivity index (χ2n) is 6.55. The Kier molecular flexibility index (Phi) is 8.46. The van der Waals surface area contributed by atoms with Gasteiger partial charge in [-0.15, -0.1) is 0 Å². The predicted octanol–water partition coefficient (Wildman–Crippen LogP) is 3.54. The van der Waals surface area contributed by atoms with Crippen LogP contribution in [0.15, 0.2) is 54.6 Å².